The van der Waals surface area contributed by atoms with Crippen molar-refractivity contribution in [3.63, 3.8) is 0 Å². The molecule has 2 aliphatic rings. The van der Waals surface area contributed by atoms with E-state index >= 15 is 0 Å². The summed E-state index contributed by atoms with van der Waals surface area (Å²) < 4.78 is 4.93. The van der Waals surface area contributed by atoms with E-state index < -0.39 is 30.7 Å². The van der Waals surface area contributed by atoms with Crippen molar-refractivity contribution < 1.29 is 23.9 Å². The van der Waals surface area contributed by atoms with Crippen molar-refractivity contribution in [1.82, 2.24) is 15.5 Å². The lowest BCUT2D eigenvalue weighted by molar-refractivity contribution is -0.151. The number of imide groups is 1. The summed E-state index contributed by atoms with van der Waals surface area (Å²) in [4.78, 5) is 49.6. The number of nitrogens with one attached hydrogen (secondary N) is 2. The van der Waals surface area contributed by atoms with Crippen LogP contribution in [-0.4, -0.2) is 53.4 Å². The highest BCUT2D eigenvalue weighted by molar-refractivity contribution is 6.09. The number of rotatable bonds is 7. The van der Waals surface area contributed by atoms with E-state index in [1.54, 1.807) is 0 Å². The molecule has 8 nitrogen and oxygen atoms in total. The van der Waals surface area contributed by atoms with Crippen LogP contribution in [0.3, 0.4) is 0 Å². The fraction of sp³-hybridized carbons (Fsp3) is 0.778. The number of carbonyl (C=O) groups is 4. The number of hydrogen-bond donors (Lipinski definition) is 2. The number of carbonyl (C=O) groups excluding carboxylic acids is 4. The van der Waals surface area contributed by atoms with Gasteiger partial charge in [0, 0.05) is 6.04 Å². The van der Waals surface area contributed by atoms with Gasteiger partial charge in [-0.05, 0) is 31.6 Å². The molecule has 0 bridgehead atoms. The highest BCUT2D eigenvalue weighted by Crippen LogP contribution is 2.38. The molecule has 26 heavy (non-hydrogen) atoms. The fourth-order valence-corrected chi connectivity index (χ4v) is 3.72. The van der Waals surface area contributed by atoms with Gasteiger partial charge in [0.25, 0.3) is 11.8 Å². The number of esters is 1. The molecular weight excluding hydrogens is 338 g/mol. The van der Waals surface area contributed by atoms with Gasteiger partial charge in [0.2, 0.25) is 0 Å². The van der Waals surface area contributed by atoms with Crippen LogP contribution in [0.25, 0.3) is 0 Å². The smallest absolute Gasteiger partial charge is 0.326 e. The molecular formula is C18H29N3O5. The van der Waals surface area contributed by atoms with Gasteiger partial charge in [-0.3, -0.25) is 19.3 Å². The molecule has 1 saturated carbocycles. The normalized spacial score (nSPS) is 25.5. The molecule has 1 heterocycles. The molecule has 0 aromatic heterocycles. The Morgan fingerprint density at radius 1 is 1.31 bits per heavy atom. The van der Waals surface area contributed by atoms with Gasteiger partial charge in [-0.1, -0.05) is 33.6 Å². The van der Waals surface area contributed by atoms with Gasteiger partial charge in [-0.25, -0.2) is 4.79 Å². The minimum Gasteiger partial charge on any atom is -0.454 e. The maximum absolute atomic E-state index is 12.8. The third-order valence-electron chi connectivity index (χ3n) is 5.50. The summed E-state index contributed by atoms with van der Waals surface area (Å²) in [6.07, 6.45) is 4.92. The van der Waals surface area contributed by atoms with E-state index in [1.165, 1.54) is 0 Å². The number of ether oxygens (including phenoxy) is 1. The van der Waals surface area contributed by atoms with Gasteiger partial charge in [-0.15, -0.1) is 0 Å². The summed E-state index contributed by atoms with van der Waals surface area (Å²) >= 11 is 0. The minimum absolute atomic E-state index is 0.0273. The molecule has 0 aromatic rings. The van der Waals surface area contributed by atoms with Crippen molar-refractivity contribution >= 4 is 23.8 Å². The van der Waals surface area contributed by atoms with Crippen LogP contribution in [0.1, 0.15) is 59.3 Å². The van der Waals surface area contributed by atoms with Gasteiger partial charge < -0.3 is 15.4 Å². The molecule has 2 rings (SSSR count). The zero-order chi connectivity index (χ0) is 19.3. The molecule has 8 heteroatoms. The van der Waals surface area contributed by atoms with Gasteiger partial charge in [0.1, 0.15) is 12.1 Å². The van der Waals surface area contributed by atoms with E-state index in [4.69, 9.17) is 4.74 Å². The van der Waals surface area contributed by atoms with E-state index in [0.717, 1.165) is 37.0 Å². The quantitative estimate of drug-likeness (QED) is 0.522. The predicted molar refractivity (Wildman–Crippen MR) is 94.1 cm³/mol. The Balaban J connectivity index is 1.88. The zero-order valence-corrected chi connectivity index (χ0v) is 15.8. The van der Waals surface area contributed by atoms with Crippen LogP contribution in [0, 0.1) is 5.92 Å². The Kier molecular flexibility index (Phi) is 6.61. The SMILES string of the molecule is CCC(CC)NC(=O)COC(=O)CN1C(=O)N[C@]2(CCCC[C@H]2C)C1=O. The van der Waals surface area contributed by atoms with Crippen molar-refractivity contribution in [3.8, 4) is 0 Å². The first-order chi connectivity index (χ1) is 12.3. The molecule has 4 amide bonds. The summed E-state index contributed by atoms with van der Waals surface area (Å²) in [5, 5.41) is 5.54. The molecule has 1 saturated heterocycles. The van der Waals surface area contributed by atoms with Crippen molar-refractivity contribution in [2.75, 3.05) is 13.2 Å². The van der Waals surface area contributed by atoms with Crippen LogP contribution >= 0.6 is 0 Å². The van der Waals surface area contributed by atoms with E-state index in [0.29, 0.717) is 6.42 Å². The molecule has 2 fully saturated rings. The van der Waals surface area contributed by atoms with Crippen LogP contribution in [0.5, 0.6) is 0 Å². The van der Waals surface area contributed by atoms with E-state index in [9.17, 15) is 19.2 Å². The lowest BCUT2D eigenvalue weighted by atomic mass is 9.73. The second kappa shape index (κ2) is 8.51. The number of hydrogen-bond acceptors (Lipinski definition) is 5. The van der Waals surface area contributed by atoms with Crippen LogP contribution in [0.4, 0.5) is 4.79 Å². The second-order valence-electron chi connectivity index (χ2n) is 7.18. The van der Waals surface area contributed by atoms with Crippen LogP contribution in [0.15, 0.2) is 0 Å². The number of urea groups is 1. The molecule has 0 unspecified atom stereocenters. The molecule has 0 radical (unpaired) electrons. The van der Waals surface area contributed by atoms with Crippen molar-refractivity contribution in [2.45, 2.75) is 70.9 Å². The second-order valence-corrected chi connectivity index (χ2v) is 7.18. The molecule has 1 spiro atoms. The van der Waals surface area contributed by atoms with Crippen LogP contribution < -0.4 is 10.6 Å². The average Bonchev–Trinajstić information content (AvgIpc) is 2.85. The summed E-state index contributed by atoms with van der Waals surface area (Å²) in [6.45, 7) is 4.97. The molecule has 1 aliphatic heterocycles. The first-order valence-corrected chi connectivity index (χ1v) is 9.43. The Labute approximate surface area is 154 Å². The molecule has 1 aliphatic carbocycles. The van der Waals surface area contributed by atoms with Crippen molar-refractivity contribution in [1.29, 1.82) is 0 Å². The molecule has 2 N–H and O–H groups in total. The van der Waals surface area contributed by atoms with Crippen molar-refractivity contribution in [3.05, 3.63) is 0 Å². The fourth-order valence-electron chi connectivity index (χ4n) is 3.72. The summed E-state index contributed by atoms with van der Waals surface area (Å²) in [6, 6.07) is -0.526. The first kappa shape index (κ1) is 20.2. The van der Waals surface area contributed by atoms with Gasteiger partial charge in [-0.2, -0.15) is 0 Å². The van der Waals surface area contributed by atoms with E-state index in [2.05, 4.69) is 10.6 Å². The first-order valence-electron chi connectivity index (χ1n) is 9.43. The Morgan fingerprint density at radius 2 is 2.00 bits per heavy atom. The Bertz CT molecular complexity index is 575. The maximum atomic E-state index is 12.8. The highest BCUT2D eigenvalue weighted by Gasteiger charge is 2.55. The highest BCUT2D eigenvalue weighted by atomic mass is 16.5. The van der Waals surface area contributed by atoms with Crippen LogP contribution in [0.2, 0.25) is 0 Å². The van der Waals surface area contributed by atoms with Gasteiger partial charge in [0.15, 0.2) is 6.61 Å². The van der Waals surface area contributed by atoms with Crippen LogP contribution in [-0.2, 0) is 19.1 Å². The van der Waals surface area contributed by atoms with Gasteiger partial charge in [0.05, 0.1) is 0 Å². The summed E-state index contributed by atoms with van der Waals surface area (Å²) in [7, 11) is 0. The summed E-state index contributed by atoms with van der Waals surface area (Å²) in [5.74, 6) is -1.50. The van der Waals surface area contributed by atoms with E-state index in [1.807, 2.05) is 20.8 Å². The average molecular weight is 367 g/mol. The van der Waals surface area contributed by atoms with Gasteiger partial charge >= 0.3 is 12.0 Å². The lowest BCUT2D eigenvalue weighted by Gasteiger charge is -2.36. The molecule has 0 aromatic carbocycles. The number of nitrogens with zero attached hydrogens (tertiary/aromatic N) is 1. The number of amides is 4. The molecule has 2 atom stereocenters. The third kappa shape index (κ3) is 4.16. The monoisotopic (exact) mass is 367 g/mol. The van der Waals surface area contributed by atoms with E-state index in [-0.39, 0.29) is 23.8 Å². The van der Waals surface area contributed by atoms with Crippen molar-refractivity contribution in [2.24, 2.45) is 5.92 Å². The lowest BCUT2D eigenvalue weighted by Crippen LogP contribution is -2.54. The largest absolute Gasteiger partial charge is 0.454 e. The zero-order valence-electron chi connectivity index (χ0n) is 15.8. The third-order valence-corrected chi connectivity index (χ3v) is 5.50. The Morgan fingerprint density at radius 3 is 2.62 bits per heavy atom. The predicted octanol–water partition coefficient (Wildman–Crippen LogP) is 1.34. The maximum Gasteiger partial charge on any atom is 0.326 e. The summed E-state index contributed by atoms with van der Waals surface area (Å²) in [5.41, 5.74) is -0.900. The standard InChI is InChI=1S/C18H29N3O5/c1-4-13(5-2)19-14(22)11-26-15(23)10-21-16(24)18(20-17(21)25)9-7-6-8-12(18)3/h12-13H,4-11H2,1-3H3,(H,19,22)(H,20,25)/t12-,18+/m1/s1. The molecule has 146 valence electrons. The topological polar surface area (TPSA) is 105 Å². The minimum atomic E-state index is -0.900. The Hall–Kier alpha value is -2.12.